The van der Waals surface area contributed by atoms with Gasteiger partial charge in [0.05, 0.1) is 0 Å². The topological polar surface area (TPSA) is 32.3 Å². The van der Waals surface area contributed by atoms with Gasteiger partial charge >= 0.3 is 0 Å². The van der Waals surface area contributed by atoms with Crippen LogP contribution in [0.1, 0.15) is 19.8 Å². The quantitative estimate of drug-likeness (QED) is 0.831. The second-order valence-electron chi connectivity index (χ2n) is 4.08. The van der Waals surface area contributed by atoms with Gasteiger partial charge in [-0.15, -0.1) is 11.3 Å². The molecule has 1 aromatic heterocycles. The molecule has 16 heavy (non-hydrogen) atoms. The lowest BCUT2D eigenvalue weighted by Crippen LogP contribution is -2.15. The Morgan fingerprint density at radius 2 is 2.25 bits per heavy atom. The molecule has 0 bridgehead atoms. The molecular weight excluding hydrogens is 218 g/mol. The minimum Gasteiger partial charge on any atom is -0.396 e. The predicted molar refractivity (Wildman–Crippen MR) is 71.2 cm³/mol. The fraction of sp³-hybridized carbons (Fsp3) is 0.385. The highest BCUT2D eigenvalue weighted by atomic mass is 32.1. The summed E-state index contributed by atoms with van der Waals surface area (Å²) in [6.07, 6.45) is 1.85. The number of hydrogen-bond acceptors (Lipinski definition) is 3. The molecule has 0 radical (unpaired) electrons. The third kappa shape index (κ3) is 2.74. The minimum atomic E-state index is 0.273. The van der Waals surface area contributed by atoms with Crippen molar-refractivity contribution in [1.82, 2.24) is 0 Å². The van der Waals surface area contributed by atoms with Gasteiger partial charge in [-0.1, -0.05) is 0 Å². The van der Waals surface area contributed by atoms with Crippen molar-refractivity contribution in [2.45, 2.75) is 25.8 Å². The first-order valence-corrected chi connectivity index (χ1v) is 6.52. The molecule has 0 spiro atoms. The number of aliphatic hydroxyl groups is 1. The minimum absolute atomic E-state index is 0.273. The summed E-state index contributed by atoms with van der Waals surface area (Å²) < 4.78 is 1.33. The van der Waals surface area contributed by atoms with E-state index in [1.165, 1.54) is 10.1 Å². The van der Waals surface area contributed by atoms with Crippen LogP contribution in [0.2, 0.25) is 0 Å². The van der Waals surface area contributed by atoms with Crippen LogP contribution >= 0.6 is 11.3 Å². The summed E-state index contributed by atoms with van der Waals surface area (Å²) >= 11 is 1.77. The SMILES string of the molecule is CC(CCCO)Nc1ccc2sccc2c1. The van der Waals surface area contributed by atoms with Gasteiger partial charge < -0.3 is 10.4 Å². The van der Waals surface area contributed by atoms with E-state index in [1.54, 1.807) is 11.3 Å². The van der Waals surface area contributed by atoms with Crippen LogP contribution in [-0.4, -0.2) is 17.8 Å². The molecule has 0 amide bonds. The van der Waals surface area contributed by atoms with Gasteiger partial charge in [0.1, 0.15) is 0 Å². The van der Waals surface area contributed by atoms with Crippen molar-refractivity contribution in [3.05, 3.63) is 29.6 Å². The first-order valence-electron chi connectivity index (χ1n) is 5.64. The van der Waals surface area contributed by atoms with E-state index in [2.05, 4.69) is 41.9 Å². The van der Waals surface area contributed by atoms with Gasteiger partial charge in [0.2, 0.25) is 0 Å². The molecule has 2 rings (SSSR count). The molecule has 2 aromatic rings. The zero-order valence-electron chi connectivity index (χ0n) is 9.44. The Balaban J connectivity index is 2.03. The zero-order chi connectivity index (χ0) is 11.4. The molecule has 1 aromatic carbocycles. The third-order valence-corrected chi connectivity index (χ3v) is 3.56. The van der Waals surface area contributed by atoms with E-state index >= 15 is 0 Å². The lowest BCUT2D eigenvalue weighted by atomic mass is 10.1. The number of nitrogens with one attached hydrogen (secondary N) is 1. The van der Waals surface area contributed by atoms with Crippen LogP contribution in [-0.2, 0) is 0 Å². The highest BCUT2D eigenvalue weighted by Gasteiger charge is 2.02. The van der Waals surface area contributed by atoms with Crippen LogP contribution in [0.5, 0.6) is 0 Å². The van der Waals surface area contributed by atoms with Crippen molar-refractivity contribution in [3.63, 3.8) is 0 Å². The third-order valence-electron chi connectivity index (χ3n) is 2.66. The number of anilines is 1. The van der Waals surface area contributed by atoms with Crippen molar-refractivity contribution in [2.24, 2.45) is 0 Å². The zero-order valence-corrected chi connectivity index (χ0v) is 10.3. The number of fused-ring (bicyclic) bond motifs is 1. The molecule has 0 saturated carbocycles. The smallest absolute Gasteiger partial charge is 0.0431 e. The highest BCUT2D eigenvalue weighted by molar-refractivity contribution is 7.17. The van der Waals surface area contributed by atoms with Crippen molar-refractivity contribution < 1.29 is 5.11 Å². The van der Waals surface area contributed by atoms with E-state index in [0.29, 0.717) is 6.04 Å². The molecule has 0 aliphatic carbocycles. The van der Waals surface area contributed by atoms with Crippen LogP contribution < -0.4 is 5.32 Å². The Morgan fingerprint density at radius 3 is 3.06 bits per heavy atom. The summed E-state index contributed by atoms with van der Waals surface area (Å²) in [6, 6.07) is 9.00. The monoisotopic (exact) mass is 235 g/mol. The van der Waals surface area contributed by atoms with Crippen LogP contribution in [0, 0.1) is 0 Å². The van der Waals surface area contributed by atoms with Crippen LogP contribution in [0.3, 0.4) is 0 Å². The molecule has 0 aliphatic heterocycles. The first-order chi connectivity index (χ1) is 7.79. The molecule has 3 heteroatoms. The van der Waals surface area contributed by atoms with Crippen molar-refractivity contribution in [1.29, 1.82) is 0 Å². The molecule has 0 fully saturated rings. The lowest BCUT2D eigenvalue weighted by Gasteiger charge is -2.14. The maximum Gasteiger partial charge on any atom is 0.0431 e. The summed E-state index contributed by atoms with van der Waals surface area (Å²) in [6.45, 7) is 2.42. The summed E-state index contributed by atoms with van der Waals surface area (Å²) in [5, 5.41) is 15.6. The van der Waals surface area contributed by atoms with Gasteiger partial charge in [-0.3, -0.25) is 0 Å². The number of aliphatic hydroxyl groups excluding tert-OH is 1. The summed E-state index contributed by atoms with van der Waals surface area (Å²) in [5.74, 6) is 0. The predicted octanol–water partition coefficient (Wildman–Crippen LogP) is 3.47. The first kappa shape index (κ1) is 11.4. The number of hydrogen-bond donors (Lipinski definition) is 2. The molecule has 0 aliphatic rings. The number of thiophene rings is 1. The Kier molecular flexibility index (Phi) is 3.80. The standard InChI is InChI=1S/C13H17NOS/c1-10(3-2-7-15)14-12-4-5-13-11(9-12)6-8-16-13/h4-6,8-10,14-15H,2-3,7H2,1H3. The Hall–Kier alpha value is -1.06. The average Bonchev–Trinajstić information content (AvgIpc) is 2.73. The largest absolute Gasteiger partial charge is 0.396 e. The molecule has 2 N–H and O–H groups in total. The van der Waals surface area contributed by atoms with Crippen LogP contribution in [0.4, 0.5) is 5.69 Å². The van der Waals surface area contributed by atoms with Gasteiger partial charge in [0, 0.05) is 23.0 Å². The van der Waals surface area contributed by atoms with Gasteiger partial charge in [-0.2, -0.15) is 0 Å². The van der Waals surface area contributed by atoms with Crippen LogP contribution in [0.25, 0.3) is 10.1 Å². The van der Waals surface area contributed by atoms with Gasteiger partial charge in [0.15, 0.2) is 0 Å². The van der Waals surface area contributed by atoms with E-state index < -0.39 is 0 Å². The molecule has 2 nitrogen and oxygen atoms in total. The van der Waals surface area contributed by atoms with Gasteiger partial charge in [-0.05, 0) is 54.8 Å². The lowest BCUT2D eigenvalue weighted by molar-refractivity contribution is 0.282. The molecule has 1 atom stereocenters. The van der Waals surface area contributed by atoms with Crippen molar-refractivity contribution >= 4 is 27.1 Å². The van der Waals surface area contributed by atoms with Gasteiger partial charge in [0.25, 0.3) is 0 Å². The highest BCUT2D eigenvalue weighted by Crippen LogP contribution is 2.24. The number of rotatable bonds is 5. The van der Waals surface area contributed by atoms with E-state index in [-0.39, 0.29) is 6.61 Å². The van der Waals surface area contributed by atoms with E-state index in [4.69, 9.17) is 5.11 Å². The Bertz CT molecular complexity index is 452. The fourth-order valence-corrected chi connectivity index (χ4v) is 2.58. The van der Waals surface area contributed by atoms with Crippen LogP contribution in [0.15, 0.2) is 29.6 Å². The molecule has 1 heterocycles. The molecule has 86 valence electrons. The summed E-state index contributed by atoms with van der Waals surface area (Å²) in [5.41, 5.74) is 1.16. The maximum absolute atomic E-state index is 8.77. The van der Waals surface area contributed by atoms with Crippen molar-refractivity contribution in [2.75, 3.05) is 11.9 Å². The maximum atomic E-state index is 8.77. The van der Waals surface area contributed by atoms with Gasteiger partial charge in [-0.25, -0.2) is 0 Å². The Morgan fingerprint density at radius 1 is 1.38 bits per heavy atom. The number of benzene rings is 1. The summed E-state index contributed by atoms with van der Waals surface area (Å²) in [4.78, 5) is 0. The summed E-state index contributed by atoms with van der Waals surface area (Å²) in [7, 11) is 0. The molecule has 1 unspecified atom stereocenters. The van der Waals surface area contributed by atoms with E-state index in [9.17, 15) is 0 Å². The molecular formula is C13H17NOS. The Labute approximate surface area is 99.9 Å². The fourth-order valence-electron chi connectivity index (χ4n) is 1.81. The van der Waals surface area contributed by atoms with E-state index in [0.717, 1.165) is 18.5 Å². The normalized spacial score (nSPS) is 12.9. The second kappa shape index (κ2) is 5.32. The molecule has 0 saturated heterocycles. The van der Waals surface area contributed by atoms with E-state index in [1.807, 2.05) is 0 Å². The average molecular weight is 235 g/mol. The second-order valence-corrected chi connectivity index (χ2v) is 5.03. The van der Waals surface area contributed by atoms with Crippen molar-refractivity contribution in [3.8, 4) is 0 Å².